The Morgan fingerprint density at radius 2 is 0.833 bits per heavy atom. The number of aliphatic imine (C=N–C) groups is 2. The largest absolute Gasteiger partial charge is 0.256 e. The molecule has 3 aromatic carbocycles. The van der Waals surface area contributed by atoms with E-state index in [0.29, 0.717) is 0 Å². The van der Waals surface area contributed by atoms with Crippen LogP contribution in [0.1, 0.15) is 22.3 Å². The van der Waals surface area contributed by atoms with Crippen molar-refractivity contribution < 1.29 is 0 Å². The van der Waals surface area contributed by atoms with E-state index >= 15 is 0 Å². The zero-order valence-corrected chi connectivity index (χ0v) is 14.0. The molecule has 0 saturated heterocycles. The summed E-state index contributed by atoms with van der Waals surface area (Å²) in [7, 11) is 0. The molecule has 118 valence electrons. The van der Waals surface area contributed by atoms with Crippen molar-refractivity contribution in [2.75, 3.05) is 0 Å². The lowest BCUT2D eigenvalue weighted by molar-refractivity contribution is 1.45. The zero-order chi connectivity index (χ0) is 16.8. The third-order valence-electron chi connectivity index (χ3n) is 3.73. The number of hydrogen-bond donors (Lipinski definition) is 0. The molecular formula is C22H20N2. The summed E-state index contributed by atoms with van der Waals surface area (Å²) in [5, 5.41) is 0. The van der Waals surface area contributed by atoms with Gasteiger partial charge in [0.1, 0.15) is 0 Å². The highest BCUT2D eigenvalue weighted by Gasteiger charge is 1.93. The lowest BCUT2D eigenvalue weighted by Crippen LogP contribution is -1.81. The van der Waals surface area contributed by atoms with Crippen molar-refractivity contribution in [2.45, 2.75) is 13.8 Å². The van der Waals surface area contributed by atoms with E-state index in [2.05, 4.69) is 72.4 Å². The molecule has 0 heterocycles. The highest BCUT2D eigenvalue weighted by Crippen LogP contribution is 2.18. The Balaban J connectivity index is 1.66. The molecule has 0 aliphatic carbocycles. The van der Waals surface area contributed by atoms with Crippen molar-refractivity contribution in [1.82, 2.24) is 0 Å². The van der Waals surface area contributed by atoms with Gasteiger partial charge in [0.15, 0.2) is 0 Å². The van der Waals surface area contributed by atoms with Crippen LogP contribution in [0.3, 0.4) is 0 Å². The number of hydrogen-bond acceptors (Lipinski definition) is 2. The van der Waals surface area contributed by atoms with E-state index in [0.717, 1.165) is 22.5 Å². The van der Waals surface area contributed by atoms with Crippen LogP contribution >= 0.6 is 0 Å². The van der Waals surface area contributed by atoms with Gasteiger partial charge >= 0.3 is 0 Å². The first-order valence-corrected chi connectivity index (χ1v) is 8.01. The topological polar surface area (TPSA) is 24.7 Å². The van der Waals surface area contributed by atoms with Crippen LogP contribution in [-0.4, -0.2) is 12.4 Å². The summed E-state index contributed by atoms with van der Waals surface area (Å²) in [6, 6.07) is 24.5. The average Bonchev–Trinajstić information content (AvgIpc) is 2.62. The van der Waals surface area contributed by atoms with Crippen LogP contribution in [0.25, 0.3) is 0 Å². The van der Waals surface area contributed by atoms with Crippen LogP contribution in [0, 0.1) is 13.8 Å². The minimum Gasteiger partial charge on any atom is -0.256 e. The van der Waals surface area contributed by atoms with Gasteiger partial charge in [0.2, 0.25) is 0 Å². The van der Waals surface area contributed by atoms with Gasteiger partial charge in [-0.05, 0) is 49.2 Å². The Morgan fingerprint density at radius 3 is 1.17 bits per heavy atom. The average molecular weight is 312 g/mol. The van der Waals surface area contributed by atoms with Crippen molar-refractivity contribution in [2.24, 2.45) is 9.98 Å². The molecule has 0 atom stereocenters. The monoisotopic (exact) mass is 312 g/mol. The van der Waals surface area contributed by atoms with E-state index in [-0.39, 0.29) is 0 Å². The van der Waals surface area contributed by atoms with Crippen molar-refractivity contribution >= 4 is 23.8 Å². The number of benzene rings is 3. The minimum atomic E-state index is 0.921. The van der Waals surface area contributed by atoms with Gasteiger partial charge in [-0.3, -0.25) is 9.98 Å². The molecule has 0 amide bonds. The maximum absolute atomic E-state index is 4.50. The maximum Gasteiger partial charge on any atom is 0.0631 e. The van der Waals surface area contributed by atoms with Gasteiger partial charge in [0.05, 0.1) is 11.4 Å². The predicted octanol–water partition coefficient (Wildman–Crippen LogP) is 5.80. The van der Waals surface area contributed by atoms with Gasteiger partial charge in [-0.1, -0.05) is 59.7 Å². The summed E-state index contributed by atoms with van der Waals surface area (Å²) >= 11 is 0. The van der Waals surface area contributed by atoms with Crippen LogP contribution in [0.5, 0.6) is 0 Å². The van der Waals surface area contributed by atoms with E-state index in [4.69, 9.17) is 0 Å². The number of nitrogens with zero attached hydrogens (tertiary/aromatic N) is 2. The molecule has 0 fully saturated rings. The Bertz CT molecular complexity index is 765. The SMILES string of the molecule is Cc1ccc(C=Nc2ccc(N=Cc3ccc(C)cc3)cc2)cc1. The first-order valence-electron chi connectivity index (χ1n) is 8.01. The fourth-order valence-electron chi connectivity index (χ4n) is 2.23. The number of aryl methyl sites for hydroxylation is 2. The van der Waals surface area contributed by atoms with Crippen molar-refractivity contribution in [3.8, 4) is 0 Å². The van der Waals surface area contributed by atoms with Crippen LogP contribution in [0.15, 0.2) is 82.8 Å². The summed E-state index contributed by atoms with van der Waals surface area (Å²) in [5.41, 5.74) is 6.55. The third-order valence-corrected chi connectivity index (χ3v) is 3.73. The number of rotatable bonds is 4. The minimum absolute atomic E-state index is 0.921. The predicted molar refractivity (Wildman–Crippen MR) is 103 cm³/mol. The Morgan fingerprint density at radius 1 is 0.500 bits per heavy atom. The van der Waals surface area contributed by atoms with Crippen molar-refractivity contribution in [1.29, 1.82) is 0 Å². The van der Waals surface area contributed by atoms with Gasteiger partial charge in [0, 0.05) is 12.4 Å². The molecule has 0 N–H and O–H groups in total. The summed E-state index contributed by atoms with van der Waals surface area (Å²) in [6.45, 7) is 4.16. The van der Waals surface area contributed by atoms with Gasteiger partial charge in [0.25, 0.3) is 0 Å². The van der Waals surface area contributed by atoms with Crippen molar-refractivity contribution in [3.05, 3.63) is 95.1 Å². The summed E-state index contributed by atoms with van der Waals surface area (Å²) < 4.78 is 0. The summed E-state index contributed by atoms with van der Waals surface area (Å²) in [5.74, 6) is 0. The summed E-state index contributed by atoms with van der Waals surface area (Å²) in [6.07, 6.45) is 3.76. The quantitative estimate of drug-likeness (QED) is 0.544. The molecule has 0 unspecified atom stereocenters. The molecule has 0 aliphatic heterocycles. The highest BCUT2D eigenvalue weighted by atomic mass is 14.7. The van der Waals surface area contributed by atoms with Gasteiger partial charge < -0.3 is 0 Å². The zero-order valence-electron chi connectivity index (χ0n) is 14.0. The molecule has 24 heavy (non-hydrogen) atoms. The third kappa shape index (κ3) is 4.50. The molecule has 3 aromatic rings. The second kappa shape index (κ2) is 7.51. The Labute approximate surface area is 143 Å². The molecule has 0 saturated carbocycles. The van der Waals surface area contributed by atoms with Gasteiger partial charge in [-0.15, -0.1) is 0 Å². The highest BCUT2D eigenvalue weighted by molar-refractivity contribution is 5.83. The maximum atomic E-state index is 4.50. The van der Waals surface area contributed by atoms with E-state index in [1.54, 1.807) is 0 Å². The fourth-order valence-corrected chi connectivity index (χ4v) is 2.23. The molecule has 2 heteroatoms. The lowest BCUT2D eigenvalue weighted by Gasteiger charge is -1.98. The van der Waals surface area contributed by atoms with Crippen LogP contribution in [-0.2, 0) is 0 Å². The first kappa shape index (κ1) is 15.9. The van der Waals surface area contributed by atoms with E-state index in [1.807, 2.05) is 36.7 Å². The molecule has 0 aliphatic rings. The van der Waals surface area contributed by atoms with Crippen LogP contribution in [0.4, 0.5) is 11.4 Å². The van der Waals surface area contributed by atoms with Crippen LogP contribution < -0.4 is 0 Å². The van der Waals surface area contributed by atoms with Gasteiger partial charge in [-0.2, -0.15) is 0 Å². The molecule has 0 bridgehead atoms. The Hall–Kier alpha value is -3.00. The van der Waals surface area contributed by atoms with Crippen molar-refractivity contribution in [3.63, 3.8) is 0 Å². The second-order valence-electron chi connectivity index (χ2n) is 5.85. The standard InChI is InChI=1S/C22H20N2/c1-17-3-7-19(8-4-17)15-23-21-11-13-22(14-12-21)24-16-20-9-5-18(2)6-10-20/h3-16H,1-2H3. The van der Waals surface area contributed by atoms with E-state index < -0.39 is 0 Å². The molecule has 0 spiro atoms. The molecule has 0 aromatic heterocycles. The smallest absolute Gasteiger partial charge is 0.0631 e. The Kier molecular flexibility index (Phi) is 4.97. The molecule has 2 nitrogen and oxygen atoms in total. The second-order valence-corrected chi connectivity index (χ2v) is 5.85. The first-order chi connectivity index (χ1) is 11.7. The lowest BCUT2D eigenvalue weighted by atomic mass is 10.2. The molecule has 3 rings (SSSR count). The van der Waals surface area contributed by atoms with Crippen LogP contribution in [0.2, 0.25) is 0 Å². The molecule has 0 radical (unpaired) electrons. The molecular weight excluding hydrogens is 292 g/mol. The van der Waals surface area contributed by atoms with E-state index in [1.165, 1.54) is 11.1 Å². The normalized spacial score (nSPS) is 11.4. The van der Waals surface area contributed by atoms with Gasteiger partial charge in [-0.25, -0.2) is 0 Å². The summed E-state index contributed by atoms with van der Waals surface area (Å²) in [4.78, 5) is 9.00. The fraction of sp³-hybridized carbons (Fsp3) is 0.0909. The van der Waals surface area contributed by atoms with E-state index in [9.17, 15) is 0 Å².